The number of benzene rings is 1. The molecule has 5 aliphatic rings. The Labute approximate surface area is 318 Å². The number of nitrogens with one attached hydrogen (secondary N) is 3. The molecular weight excluding hydrogens is 720 g/mol. The molecule has 2 saturated carbocycles. The van der Waals surface area contributed by atoms with E-state index in [0.29, 0.717) is 46.1 Å². The zero-order valence-electron chi connectivity index (χ0n) is 30.1. The summed E-state index contributed by atoms with van der Waals surface area (Å²) in [6.07, 6.45) is 11.3. The third-order valence-electron chi connectivity index (χ3n) is 11.0. The van der Waals surface area contributed by atoms with Gasteiger partial charge in [-0.05, 0) is 63.5 Å². The number of urea groups is 1. The second kappa shape index (κ2) is 14.3. The first kappa shape index (κ1) is 35.9. The van der Waals surface area contributed by atoms with E-state index in [4.69, 9.17) is 35.8 Å². The second-order valence-electron chi connectivity index (χ2n) is 15.4. The predicted molar refractivity (Wildman–Crippen MR) is 205 cm³/mol. The van der Waals surface area contributed by atoms with Crippen LogP contribution < -0.4 is 24.8 Å². The summed E-state index contributed by atoms with van der Waals surface area (Å²) in [5.41, 5.74) is 1.65. The van der Waals surface area contributed by atoms with Gasteiger partial charge in [-0.2, -0.15) is 0 Å². The number of hydrogen-bond donors (Lipinski definition) is 3. The molecule has 0 radical (unpaired) electrons. The molecule has 3 aliphatic heterocycles. The second-order valence-corrected chi connectivity index (χ2v) is 18.0. The van der Waals surface area contributed by atoms with Crippen LogP contribution in [0.2, 0.25) is 5.02 Å². The molecule has 5 heterocycles. The quantitative estimate of drug-likeness (QED) is 0.118. The van der Waals surface area contributed by atoms with Crippen molar-refractivity contribution in [2.45, 2.75) is 113 Å². The minimum atomic E-state index is -0.717. The van der Waals surface area contributed by atoms with Crippen molar-refractivity contribution in [2.75, 3.05) is 20.2 Å². The fourth-order valence-electron chi connectivity index (χ4n) is 7.37. The van der Waals surface area contributed by atoms with Crippen LogP contribution >= 0.6 is 34.9 Å². The van der Waals surface area contributed by atoms with Crippen molar-refractivity contribution in [3.05, 3.63) is 46.4 Å². The van der Waals surface area contributed by atoms with Crippen LogP contribution in [0.1, 0.15) is 83.7 Å². The summed E-state index contributed by atoms with van der Waals surface area (Å²) >= 11 is 10.1. The molecule has 52 heavy (non-hydrogen) atoms. The predicted octanol–water partition coefficient (Wildman–Crippen LogP) is 7.20. The molecule has 3 amide bonds. The van der Waals surface area contributed by atoms with Gasteiger partial charge in [0.05, 0.1) is 30.4 Å². The highest BCUT2D eigenvalue weighted by Crippen LogP contribution is 2.56. The number of nitrogens with zero attached hydrogens (tertiary/aromatic N) is 3. The van der Waals surface area contributed by atoms with Gasteiger partial charge in [0, 0.05) is 40.5 Å². The Morgan fingerprint density at radius 2 is 2.02 bits per heavy atom. The minimum absolute atomic E-state index is 0.115. The monoisotopic (exact) mass is 766 g/mol. The minimum Gasteiger partial charge on any atom is -0.495 e. The first-order valence-electron chi connectivity index (χ1n) is 18.5. The van der Waals surface area contributed by atoms with Gasteiger partial charge in [-0.1, -0.05) is 56.0 Å². The van der Waals surface area contributed by atoms with Crippen molar-refractivity contribution in [1.29, 1.82) is 0 Å². The maximum Gasteiger partial charge on any atom is 0.318 e. The summed E-state index contributed by atoms with van der Waals surface area (Å²) in [5, 5.41) is 10.4. The lowest BCUT2D eigenvalue weighted by atomic mass is 10.1. The van der Waals surface area contributed by atoms with Gasteiger partial charge in [0.15, 0.2) is 0 Å². The Morgan fingerprint density at radius 3 is 2.79 bits per heavy atom. The maximum absolute atomic E-state index is 14.4. The summed E-state index contributed by atoms with van der Waals surface area (Å²) in [7, 11) is 1.57. The molecule has 14 heteroatoms. The van der Waals surface area contributed by atoms with Crippen LogP contribution in [0.4, 0.5) is 4.79 Å². The average Bonchev–Trinajstić information content (AvgIpc) is 4.07. The zero-order valence-corrected chi connectivity index (χ0v) is 32.5. The normalized spacial score (nSPS) is 30.4. The van der Waals surface area contributed by atoms with Crippen LogP contribution in [0, 0.1) is 5.92 Å². The highest BCUT2D eigenvalue weighted by molar-refractivity contribution is 7.99. The molecule has 8 rings (SSSR count). The van der Waals surface area contributed by atoms with E-state index in [2.05, 4.69) is 48.3 Å². The SMILES string of the molecule is COc1ccc2c(O[C@@H]3C[C@H]4C(=O)N[C@]5(C6OC6NSC6(C)CC6)C[C@H]5/C=C\CCCCCNC(=O)N4C3)cc(-c3nc(C(C)C)cs3)nc2c1Cl. The van der Waals surface area contributed by atoms with Gasteiger partial charge in [-0.25, -0.2) is 19.5 Å². The number of halogens is 1. The number of epoxide rings is 1. The number of thiazole rings is 1. The summed E-state index contributed by atoms with van der Waals surface area (Å²) in [6, 6.07) is 4.59. The molecule has 4 fully saturated rings. The molecule has 1 aromatic carbocycles. The average molecular weight is 767 g/mol. The number of carbonyl (C=O) groups is 2. The van der Waals surface area contributed by atoms with E-state index in [1.807, 2.05) is 17.5 Å². The molecule has 2 aromatic heterocycles. The third-order valence-corrected chi connectivity index (χ3v) is 13.5. The van der Waals surface area contributed by atoms with Gasteiger partial charge in [0.25, 0.3) is 0 Å². The molecule has 3 aromatic rings. The Bertz CT molecular complexity index is 1890. The fourth-order valence-corrected chi connectivity index (χ4v) is 9.48. The van der Waals surface area contributed by atoms with Gasteiger partial charge in [-0.15, -0.1) is 11.3 Å². The Morgan fingerprint density at radius 1 is 1.17 bits per heavy atom. The van der Waals surface area contributed by atoms with Crippen molar-refractivity contribution >= 4 is 57.7 Å². The topological polar surface area (TPSA) is 130 Å². The number of amides is 3. The Kier molecular flexibility index (Phi) is 9.86. The zero-order chi connectivity index (χ0) is 36.2. The lowest BCUT2D eigenvalue weighted by Crippen LogP contribution is -2.54. The number of fused-ring (bicyclic) bond motifs is 3. The van der Waals surface area contributed by atoms with Crippen LogP contribution in [0.15, 0.2) is 35.7 Å². The van der Waals surface area contributed by atoms with Gasteiger partial charge < -0.3 is 29.7 Å². The molecule has 278 valence electrons. The molecule has 11 nitrogen and oxygen atoms in total. The maximum atomic E-state index is 14.4. The molecular formula is C38H47ClN6O5S2. The first-order chi connectivity index (χ1) is 25.1. The van der Waals surface area contributed by atoms with E-state index in [0.717, 1.165) is 42.8 Å². The summed E-state index contributed by atoms with van der Waals surface area (Å²) < 4.78 is 22.3. The van der Waals surface area contributed by atoms with E-state index in [-0.39, 0.29) is 47.4 Å². The highest BCUT2D eigenvalue weighted by atomic mass is 35.5. The van der Waals surface area contributed by atoms with Crippen LogP contribution in [0.25, 0.3) is 21.6 Å². The van der Waals surface area contributed by atoms with E-state index < -0.39 is 17.7 Å². The molecule has 2 unspecified atom stereocenters. The molecule has 0 bridgehead atoms. The number of methoxy groups -OCH3 is 1. The smallest absolute Gasteiger partial charge is 0.318 e. The summed E-state index contributed by atoms with van der Waals surface area (Å²) in [4.78, 5) is 39.5. The molecule has 6 atom stereocenters. The Balaban J connectivity index is 1.07. The van der Waals surface area contributed by atoms with Crippen molar-refractivity contribution in [2.24, 2.45) is 5.92 Å². The van der Waals surface area contributed by atoms with Gasteiger partial charge >= 0.3 is 6.03 Å². The van der Waals surface area contributed by atoms with Crippen molar-refractivity contribution < 1.29 is 23.8 Å². The van der Waals surface area contributed by atoms with E-state index >= 15 is 0 Å². The number of aromatic nitrogens is 2. The Hall–Kier alpha value is -3.10. The number of pyridine rings is 1. The van der Waals surface area contributed by atoms with Crippen LogP contribution in [0.3, 0.4) is 0 Å². The molecule has 3 N–H and O–H groups in total. The van der Waals surface area contributed by atoms with Gasteiger partial charge in [0.1, 0.15) is 51.7 Å². The molecule has 2 aliphatic carbocycles. The van der Waals surface area contributed by atoms with Crippen molar-refractivity contribution in [3.8, 4) is 22.2 Å². The number of carbonyl (C=O) groups excluding carboxylic acids is 2. The van der Waals surface area contributed by atoms with Gasteiger partial charge in [0.2, 0.25) is 5.91 Å². The summed E-state index contributed by atoms with van der Waals surface area (Å²) in [6.45, 7) is 7.27. The fraction of sp³-hybridized carbons (Fsp3) is 0.579. The highest BCUT2D eigenvalue weighted by Gasteiger charge is 2.68. The molecule has 0 spiro atoms. The standard InChI is InChI=1S/C38H47ClN6O5S2/c1-21(2)26-20-51-35(42-26)25-17-29(24-11-12-28(48-4)30(39)31(24)41-25)49-23-16-27-33(46)43-38(32-34(50-32)44-52-37(3)13-14-37)18-22(38)10-8-6-5-7-9-15-40-36(47)45(27)19-23/h8,10-12,17,20-23,27,32,34,44H,5-7,9,13-16,18-19H2,1-4H3,(H,40,47)(H,43,46)/b10-8-/t22-,23-,27+,32?,34?,38-/m1/s1. The van der Waals surface area contributed by atoms with E-state index in [1.165, 1.54) is 24.2 Å². The first-order valence-corrected chi connectivity index (χ1v) is 20.6. The summed E-state index contributed by atoms with van der Waals surface area (Å²) in [5.74, 6) is 1.34. The van der Waals surface area contributed by atoms with Crippen molar-refractivity contribution in [1.82, 2.24) is 30.2 Å². The van der Waals surface area contributed by atoms with E-state index in [9.17, 15) is 9.59 Å². The number of allylic oxidation sites excluding steroid dienone is 1. The number of ether oxygens (including phenoxy) is 3. The van der Waals surface area contributed by atoms with Crippen LogP contribution in [-0.2, 0) is 9.53 Å². The van der Waals surface area contributed by atoms with Crippen LogP contribution in [-0.4, -0.2) is 81.8 Å². The third kappa shape index (κ3) is 7.23. The van der Waals surface area contributed by atoms with E-state index in [1.54, 1.807) is 30.0 Å². The van der Waals surface area contributed by atoms with Gasteiger partial charge in [-0.3, -0.25) is 4.79 Å². The lowest BCUT2D eigenvalue weighted by Gasteiger charge is -2.26. The number of hydrogen-bond acceptors (Lipinski definition) is 10. The largest absolute Gasteiger partial charge is 0.495 e. The molecule has 2 saturated heterocycles. The van der Waals surface area contributed by atoms with Crippen LogP contribution in [0.5, 0.6) is 11.5 Å². The lowest BCUT2D eigenvalue weighted by molar-refractivity contribution is -0.126. The van der Waals surface area contributed by atoms with Crippen molar-refractivity contribution in [3.63, 3.8) is 0 Å². The number of rotatable bonds is 9.